The molecule has 1 aromatic rings. The summed E-state index contributed by atoms with van der Waals surface area (Å²) in [6.45, 7) is 2.43. The zero-order valence-corrected chi connectivity index (χ0v) is 11.9. The highest BCUT2D eigenvalue weighted by molar-refractivity contribution is 5.99. The number of nitrogens with one attached hydrogen (secondary N) is 1. The number of ether oxygens (including phenoxy) is 1. The first-order chi connectivity index (χ1) is 8.99. The average molecular weight is 266 g/mol. The topological polar surface area (TPSA) is 61.8 Å². The van der Waals surface area contributed by atoms with E-state index in [1.165, 1.54) is 12.0 Å². The summed E-state index contributed by atoms with van der Waals surface area (Å²) in [5.41, 5.74) is 2.47. The van der Waals surface area contributed by atoms with Gasteiger partial charge in [-0.05, 0) is 24.6 Å². The Bertz CT molecular complexity index is 435. The molecular formula is C14H22N2O3. The van der Waals surface area contributed by atoms with E-state index >= 15 is 0 Å². The molecule has 2 N–H and O–H groups in total. The molecule has 0 aromatic heterocycles. The van der Waals surface area contributed by atoms with Gasteiger partial charge >= 0.3 is 0 Å². The molecule has 0 bridgehead atoms. The predicted octanol–water partition coefficient (Wildman–Crippen LogP) is 1.12. The van der Waals surface area contributed by atoms with Gasteiger partial charge in [0.05, 0.1) is 18.3 Å². The summed E-state index contributed by atoms with van der Waals surface area (Å²) >= 11 is 0. The van der Waals surface area contributed by atoms with Gasteiger partial charge < -0.3 is 20.1 Å². The van der Waals surface area contributed by atoms with Crippen LogP contribution in [0.2, 0.25) is 0 Å². The number of benzene rings is 1. The minimum atomic E-state index is -0.678. The summed E-state index contributed by atoms with van der Waals surface area (Å²) in [6.07, 6.45) is -0.678. The van der Waals surface area contributed by atoms with E-state index in [0.717, 1.165) is 11.3 Å². The van der Waals surface area contributed by atoms with E-state index in [2.05, 4.69) is 5.32 Å². The number of aryl methyl sites for hydroxylation is 1. The Hall–Kier alpha value is -1.59. The van der Waals surface area contributed by atoms with Gasteiger partial charge in [0.25, 0.3) is 5.91 Å². The SMILES string of the molecule is CNc1cc(C)ccc1C(=O)N(C)CC(O)COC. The van der Waals surface area contributed by atoms with Crippen LogP contribution in [0.3, 0.4) is 0 Å². The van der Waals surface area contributed by atoms with Crippen molar-refractivity contribution in [1.82, 2.24) is 4.90 Å². The molecule has 0 aliphatic carbocycles. The number of amides is 1. The van der Waals surface area contributed by atoms with Crippen LogP contribution in [-0.4, -0.2) is 56.4 Å². The van der Waals surface area contributed by atoms with E-state index in [0.29, 0.717) is 5.56 Å². The molecule has 1 aromatic carbocycles. The normalized spacial score (nSPS) is 12.1. The number of methoxy groups -OCH3 is 1. The Labute approximate surface area is 114 Å². The Morgan fingerprint density at radius 2 is 2.21 bits per heavy atom. The summed E-state index contributed by atoms with van der Waals surface area (Å²) < 4.78 is 4.85. The molecule has 1 unspecified atom stereocenters. The van der Waals surface area contributed by atoms with Gasteiger partial charge in [-0.1, -0.05) is 6.07 Å². The van der Waals surface area contributed by atoms with Crippen LogP contribution in [0.1, 0.15) is 15.9 Å². The van der Waals surface area contributed by atoms with Gasteiger partial charge in [0.15, 0.2) is 0 Å². The van der Waals surface area contributed by atoms with Gasteiger partial charge in [-0.15, -0.1) is 0 Å². The lowest BCUT2D eigenvalue weighted by Gasteiger charge is -2.22. The molecule has 0 aliphatic rings. The van der Waals surface area contributed by atoms with Crippen LogP contribution in [0.25, 0.3) is 0 Å². The lowest BCUT2D eigenvalue weighted by atomic mass is 10.1. The van der Waals surface area contributed by atoms with E-state index in [1.807, 2.05) is 19.1 Å². The van der Waals surface area contributed by atoms with Crippen molar-refractivity contribution in [2.75, 3.05) is 39.7 Å². The molecule has 0 spiro atoms. The number of nitrogens with zero attached hydrogens (tertiary/aromatic N) is 1. The standard InChI is InChI=1S/C14H22N2O3/c1-10-5-6-12(13(7-10)15-2)14(18)16(3)8-11(17)9-19-4/h5-7,11,15,17H,8-9H2,1-4H3. The average Bonchev–Trinajstić information content (AvgIpc) is 2.37. The van der Waals surface area contributed by atoms with Crippen molar-refractivity contribution in [1.29, 1.82) is 0 Å². The first kappa shape index (κ1) is 15.5. The Kier molecular flexibility index (Phi) is 5.79. The Morgan fingerprint density at radius 1 is 1.53 bits per heavy atom. The highest BCUT2D eigenvalue weighted by Gasteiger charge is 2.18. The molecule has 5 heteroatoms. The molecule has 0 radical (unpaired) electrons. The minimum Gasteiger partial charge on any atom is -0.389 e. The fraction of sp³-hybridized carbons (Fsp3) is 0.500. The largest absolute Gasteiger partial charge is 0.389 e. The maximum Gasteiger partial charge on any atom is 0.255 e. The smallest absolute Gasteiger partial charge is 0.255 e. The molecular weight excluding hydrogens is 244 g/mol. The van der Waals surface area contributed by atoms with E-state index in [4.69, 9.17) is 4.74 Å². The van der Waals surface area contributed by atoms with Crippen molar-refractivity contribution < 1.29 is 14.6 Å². The lowest BCUT2D eigenvalue weighted by Crippen LogP contribution is -2.36. The molecule has 0 saturated carbocycles. The third-order valence-corrected chi connectivity index (χ3v) is 2.87. The van der Waals surface area contributed by atoms with Crippen molar-refractivity contribution in [3.05, 3.63) is 29.3 Å². The van der Waals surface area contributed by atoms with E-state index in [1.54, 1.807) is 20.2 Å². The van der Waals surface area contributed by atoms with Gasteiger partial charge in [-0.25, -0.2) is 0 Å². The minimum absolute atomic E-state index is 0.125. The molecule has 106 valence electrons. The molecule has 5 nitrogen and oxygen atoms in total. The number of hydrogen-bond donors (Lipinski definition) is 2. The first-order valence-electron chi connectivity index (χ1n) is 6.20. The van der Waals surface area contributed by atoms with E-state index in [9.17, 15) is 9.90 Å². The monoisotopic (exact) mass is 266 g/mol. The number of aliphatic hydroxyl groups is 1. The maximum atomic E-state index is 12.3. The second-order valence-electron chi connectivity index (χ2n) is 4.59. The van der Waals surface area contributed by atoms with Gasteiger partial charge in [-0.3, -0.25) is 4.79 Å². The maximum absolute atomic E-state index is 12.3. The summed E-state index contributed by atoms with van der Waals surface area (Å²) in [7, 11) is 4.97. The molecule has 19 heavy (non-hydrogen) atoms. The van der Waals surface area contributed by atoms with Crippen LogP contribution in [0.4, 0.5) is 5.69 Å². The molecule has 0 heterocycles. The number of carbonyl (C=O) groups is 1. The molecule has 1 amide bonds. The number of carbonyl (C=O) groups excluding carboxylic acids is 1. The first-order valence-corrected chi connectivity index (χ1v) is 6.20. The van der Waals surface area contributed by atoms with Crippen LogP contribution in [-0.2, 0) is 4.74 Å². The fourth-order valence-electron chi connectivity index (χ4n) is 1.90. The summed E-state index contributed by atoms with van der Waals surface area (Å²) in [4.78, 5) is 13.8. The number of anilines is 1. The number of aliphatic hydroxyl groups excluding tert-OH is 1. The van der Waals surface area contributed by atoms with E-state index < -0.39 is 6.10 Å². The molecule has 0 aliphatic heterocycles. The van der Waals surface area contributed by atoms with Gasteiger partial charge in [-0.2, -0.15) is 0 Å². The molecule has 1 atom stereocenters. The second kappa shape index (κ2) is 7.11. The summed E-state index contributed by atoms with van der Waals surface area (Å²) in [5, 5.41) is 12.7. The van der Waals surface area contributed by atoms with Crippen molar-refractivity contribution in [3.63, 3.8) is 0 Å². The predicted molar refractivity (Wildman–Crippen MR) is 75.6 cm³/mol. The number of rotatable bonds is 6. The molecule has 1 rings (SSSR count). The number of likely N-dealkylation sites (N-methyl/N-ethyl adjacent to an activating group) is 1. The third kappa shape index (κ3) is 4.22. The third-order valence-electron chi connectivity index (χ3n) is 2.87. The van der Waals surface area contributed by atoms with Crippen molar-refractivity contribution in [2.24, 2.45) is 0 Å². The van der Waals surface area contributed by atoms with Crippen molar-refractivity contribution in [3.8, 4) is 0 Å². The van der Waals surface area contributed by atoms with Crippen LogP contribution >= 0.6 is 0 Å². The van der Waals surface area contributed by atoms with E-state index in [-0.39, 0.29) is 19.1 Å². The Morgan fingerprint density at radius 3 is 2.79 bits per heavy atom. The number of hydrogen-bond acceptors (Lipinski definition) is 4. The van der Waals surface area contributed by atoms with Gasteiger partial charge in [0.2, 0.25) is 0 Å². The highest BCUT2D eigenvalue weighted by atomic mass is 16.5. The zero-order chi connectivity index (χ0) is 14.4. The van der Waals surface area contributed by atoms with Gasteiger partial charge in [0.1, 0.15) is 0 Å². The summed E-state index contributed by atoms with van der Waals surface area (Å²) in [6, 6.07) is 5.61. The lowest BCUT2D eigenvalue weighted by molar-refractivity contribution is 0.0380. The van der Waals surface area contributed by atoms with Crippen molar-refractivity contribution >= 4 is 11.6 Å². The Balaban J connectivity index is 2.82. The zero-order valence-electron chi connectivity index (χ0n) is 11.9. The highest BCUT2D eigenvalue weighted by Crippen LogP contribution is 2.18. The van der Waals surface area contributed by atoms with Crippen molar-refractivity contribution in [2.45, 2.75) is 13.0 Å². The molecule has 0 fully saturated rings. The van der Waals surface area contributed by atoms with Crippen LogP contribution in [0.15, 0.2) is 18.2 Å². The second-order valence-corrected chi connectivity index (χ2v) is 4.59. The summed E-state index contributed by atoms with van der Waals surface area (Å²) in [5.74, 6) is -0.125. The van der Waals surface area contributed by atoms with Crippen LogP contribution < -0.4 is 5.32 Å². The quantitative estimate of drug-likeness (QED) is 0.810. The van der Waals surface area contributed by atoms with Gasteiger partial charge in [0, 0.05) is 33.4 Å². The fourth-order valence-corrected chi connectivity index (χ4v) is 1.90. The van der Waals surface area contributed by atoms with Crippen LogP contribution in [0, 0.1) is 6.92 Å². The molecule has 0 saturated heterocycles. The van der Waals surface area contributed by atoms with Crippen LogP contribution in [0.5, 0.6) is 0 Å².